The van der Waals surface area contributed by atoms with E-state index in [1.54, 1.807) is 18.4 Å². The van der Waals surface area contributed by atoms with E-state index in [9.17, 15) is 0 Å². The smallest absolute Gasteiger partial charge is 0.119 e. The van der Waals surface area contributed by atoms with Crippen molar-refractivity contribution in [1.82, 2.24) is 0 Å². The van der Waals surface area contributed by atoms with E-state index in [0.717, 1.165) is 18.6 Å². The summed E-state index contributed by atoms with van der Waals surface area (Å²) in [5, 5.41) is 4.32. The third-order valence-corrected chi connectivity index (χ3v) is 3.83. The summed E-state index contributed by atoms with van der Waals surface area (Å²) in [5.41, 5.74) is 8.56. The number of methoxy groups -OCH3 is 1. The molecule has 0 fully saturated rings. The van der Waals surface area contributed by atoms with E-state index in [1.807, 2.05) is 12.1 Å². The van der Waals surface area contributed by atoms with Crippen LogP contribution < -0.4 is 10.5 Å². The van der Waals surface area contributed by atoms with Crippen LogP contribution in [0.2, 0.25) is 0 Å². The van der Waals surface area contributed by atoms with Crippen LogP contribution in [0.3, 0.4) is 0 Å². The number of ether oxygens (including phenoxy) is 1. The number of nitrogens with two attached hydrogens (primary N) is 1. The lowest BCUT2D eigenvalue weighted by atomic mass is 9.94. The Morgan fingerprint density at radius 3 is 2.72 bits per heavy atom. The van der Waals surface area contributed by atoms with Crippen LogP contribution in [0, 0.1) is 5.92 Å². The second-order valence-electron chi connectivity index (χ2n) is 4.49. The highest BCUT2D eigenvalue weighted by Crippen LogP contribution is 2.19. The predicted molar refractivity (Wildman–Crippen MR) is 77.3 cm³/mol. The van der Waals surface area contributed by atoms with Crippen molar-refractivity contribution in [2.45, 2.75) is 12.8 Å². The van der Waals surface area contributed by atoms with Crippen LogP contribution in [0.15, 0.2) is 41.1 Å². The van der Waals surface area contributed by atoms with Gasteiger partial charge in [0.05, 0.1) is 7.11 Å². The normalized spacial score (nSPS) is 12.3. The molecule has 0 spiro atoms. The second-order valence-corrected chi connectivity index (χ2v) is 5.27. The van der Waals surface area contributed by atoms with Crippen LogP contribution in [0.1, 0.15) is 11.1 Å². The molecule has 0 amide bonds. The fourth-order valence-corrected chi connectivity index (χ4v) is 2.80. The summed E-state index contributed by atoms with van der Waals surface area (Å²) < 4.78 is 5.25. The van der Waals surface area contributed by atoms with Gasteiger partial charge in [-0.2, -0.15) is 11.3 Å². The first-order chi connectivity index (χ1) is 8.81. The van der Waals surface area contributed by atoms with Crippen molar-refractivity contribution in [2.24, 2.45) is 11.7 Å². The lowest BCUT2D eigenvalue weighted by Crippen LogP contribution is -2.19. The van der Waals surface area contributed by atoms with Gasteiger partial charge >= 0.3 is 0 Å². The fourth-order valence-electron chi connectivity index (χ4n) is 2.11. The Morgan fingerprint density at radius 1 is 1.22 bits per heavy atom. The van der Waals surface area contributed by atoms with E-state index < -0.39 is 0 Å². The van der Waals surface area contributed by atoms with Crippen LogP contribution in [0.25, 0.3) is 0 Å². The molecule has 0 saturated heterocycles. The van der Waals surface area contributed by atoms with Crippen LogP contribution in [0.5, 0.6) is 5.75 Å². The molecule has 0 radical (unpaired) electrons. The van der Waals surface area contributed by atoms with Gasteiger partial charge in [-0.1, -0.05) is 12.1 Å². The van der Waals surface area contributed by atoms with Crippen molar-refractivity contribution < 1.29 is 4.74 Å². The fraction of sp³-hybridized carbons (Fsp3) is 0.333. The summed E-state index contributed by atoms with van der Waals surface area (Å²) >= 11 is 1.74. The van der Waals surface area contributed by atoms with Crippen LogP contribution in [-0.4, -0.2) is 13.7 Å². The van der Waals surface area contributed by atoms with Crippen molar-refractivity contribution in [2.75, 3.05) is 13.7 Å². The van der Waals surface area contributed by atoms with E-state index >= 15 is 0 Å². The number of hydrogen-bond acceptors (Lipinski definition) is 3. The van der Waals surface area contributed by atoms with Gasteiger partial charge in [-0.05, 0) is 65.4 Å². The zero-order chi connectivity index (χ0) is 12.8. The average molecular weight is 261 g/mol. The minimum Gasteiger partial charge on any atom is -0.497 e. The standard InChI is InChI=1S/C15H19NOS/c1-17-15-4-2-3-12(9-15)7-14(10-16)8-13-5-6-18-11-13/h2-6,9,11,14H,7-8,10,16H2,1H3. The molecule has 1 aromatic carbocycles. The Hall–Kier alpha value is -1.32. The maximum atomic E-state index is 5.88. The summed E-state index contributed by atoms with van der Waals surface area (Å²) in [4.78, 5) is 0. The number of rotatable bonds is 6. The van der Waals surface area contributed by atoms with Crippen LogP contribution in [-0.2, 0) is 12.8 Å². The molecule has 1 atom stereocenters. The Kier molecular flexibility index (Phi) is 4.79. The molecular formula is C15H19NOS. The molecule has 0 aliphatic carbocycles. The van der Waals surface area contributed by atoms with Crippen molar-refractivity contribution in [3.05, 3.63) is 52.2 Å². The third kappa shape index (κ3) is 3.59. The van der Waals surface area contributed by atoms with Crippen molar-refractivity contribution >= 4 is 11.3 Å². The molecule has 3 heteroatoms. The zero-order valence-electron chi connectivity index (χ0n) is 10.6. The first-order valence-electron chi connectivity index (χ1n) is 6.16. The SMILES string of the molecule is COc1cccc(CC(CN)Cc2ccsc2)c1. The van der Waals surface area contributed by atoms with Gasteiger partial charge in [0.2, 0.25) is 0 Å². The molecule has 2 rings (SSSR count). The van der Waals surface area contributed by atoms with Crippen molar-refractivity contribution in [1.29, 1.82) is 0 Å². The molecule has 0 bridgehead atoms. The molecule has 1 unspecified atom stereocenters. The van der Waals surface area contributed by atoms with E-state index in [0.29, 0.717) is 12.5 Å². The Morgan fingerprint density at radius 2 is 2.06 bits per heavy atom. The third-order valence-electron chi connectivity index (χ3n) is 3.10. The summed E-state index contributed by atoms with van der Waals surface area (Å²) in [6, 6.07) is 10.4. The maximum absolute atomic E-state index is 5.88. The highest BCUT2D eigenvalue weighted by atomic mass is 32.1. The summed E-state index contributed by atoms with van der Waals surface area (Å²) in [6.07, 6.45) is 2.06. The molecule has 2 nitrogen and oxygen atoms in total. The maximum Gasteiger partial charge on any atom is 0.119 e. The predicted octanol–water partition coefficient (Wildman–Crippen LogP) is 3.12. The van der Waals surface area contributed by atoms with Crippen LogP contribution >= 0.6 is 11.3 Å². The van der Waals surface area contributed by atoms with Gasteiger partial charge in [0, 0.05) is 0 Å². The first kappa shape index (κ1) is 13.1. The highest BCUT2D eigenvalue weighted by Gasteiger charge is 2.10. The molecule has 1 heterocycles. The molecule has 18 heavy (non-hydrogen) atoms. The van der Waals surface area contributed by atoms with Gasteiger partial charge in [-0.25, -0.2) is 0 Å². The van der Waals surface area contributed by atoms with Crippen molar-refractivity contribution in [3.63, 3.8) is 0 Å². The number of hydrogen-bond donors (Lipinski definition) is 1. The van der Waals surface area contributed by atoms with Gasteiger partial charge in [0.1, 0.15) is 5.75 Å². The average Bonchev–Trinajstić information content (AvgIpc) is 2.91. The Labute approximate surface area is 112 Å². The van der Waals surface area contributed by atoms with Gasteiger partial charge < -0.3 is 10.5 Å². The number of benzene rings is 1. The molecule has 96 valence electrons. The van der Waals surface area contributed by atoms with Gasteiger partial charge in [-0.3, -0.25) is 0 Å². The summed E-state index contributed by atoms with van der Waals surface area (Å²) in [5.74, 6) is 1.41. The topological polar surface area (TPSA) is 35.2 Å². The second kappa shape index (κ2) is 6.57. The van der Waals surface area contributed by atoms with Gasteiger partial charge in [0.25, 0.3) is 0 Å². The highest BCUT2D eigenvalue weighted by molar-refractivity contribution is 7.07. The molecule has 1 aromatic heterocycles. The largest absolute Gasteiger partial charge is 0.497 e. The van der Waals surface area contributed by atoms with Crippen molar-refractivity contribution in [3.8, 4) is 5.75 Å². The van der Waals surface area contributed by atoms with E-state index in [-0.39, 0.29) is 0 Å². The van der Waals surface area contributed by atoms with E-state index in [1.165, 1.54) is 11.1 Å². The number of thiophene rings is 1. The van der Waals surface area contributed by atoms with E-state index in [4.69, 9.17) is 10.5 Å². The molecular weight excluding hydrogens is 242 g/mol. The van der Waals surface area contributed by atoms with Crippen LogP contribution in [0.4, 0.5) is 0 Å². The summed E-state index contributed by atoms with van der Waals surface area (Å²) in [6.45, 7) is 0.715. The molecule has 2 N–H and O–H groups in total. The molecule has 0 aliphatic rings. The lowest BCUT2D eigenvalue weighted by molar-refractivity contribution is 0.413. The Balaban J connectivity index is 2.00. The monoisotopic (exact) mass is 261 g/mol. The summed E-state index contributed by atoms with van der Waals surface area (Å²) in [7, 11) is 1.70. The van der Waals surface area contributed by atoms with Gasteiger partial charge in [0.15, 0.2) is 0 Å². The minimum atomic E-state index is 0.492. The molecule has 0 aliphatic heterocycles. The molecule has 0 saturated carbocycles. The minimum absolute atomic E-state index is 0.492. The molecule has 2 aromatic rings. The quantitative estimate of drug-likeness (QED) is 0.867. The van der Waals surface area contributed by atoms with E-state index in [2.05, 4.69) is 29.0 Å². The first-order valence-corrected chi connectivity index (χ1v) is 7.10. The lowest BCUT2D eigenvalue weighted by Gasteiger charge is -2.14. The van der Waals surface area contributed by atoms with Gasteiger partial charge in [-0.15, -0.1) is 0 Å². The Bertz CT molecular complexity index is 467. The zero-order valence-corrected chi connectivity index (χ0v) is 11.5.